The van der Waals surface area contributed by atoms with Gasteiger partial charge in [-0.05, 0) is 66.1 Å². The van der Waals surface area contributed by atoms with Crippen LogP contribution in [0.1, 0.15) is 64.4 Å². The normalized spacial score (nSPS) is 20.5. The Labute approximate surface area is 165 Å². The monoisotopic (exact) mass is 391 g/mol. The van der Waals surface area contributed by atoms with E-state index in [9.17, 15) is 14.0 Å². The maximum Gasteiger partial charge on any atom is 0.494 e. The molecule has 1 fully saturated rings. The third-order valence-electron chi connectivity index (χ3n) is 5.35. The summed E-state index contributed by atoms with van der Waals surface area (Å²) < 4.78 is 31.9. The number of ether oxygens (including phenoxy) is 1. The number of halogens is 1. The van der Waals surface area contributed by atoms with Crippen molar-refractivity contribution in [1.82, 2.24) is 4.90 Å². The van der Waals surface area contributed by atoms with Crippen molar-refractivity contribution in [2.75, 3.05) is 6.54 Å². The van der Waals surface area contributed by atoms with Crippen LogP contribution in [0.3, 0.4) is 0 Å². The van der Waals surface area contributed by atoms with Gasteiger partial charge in [0.2, 0.25) is 0 Å². The number of carbonyl (C=O) groups excluding carboxylic acids is 2. The van der Waals surface area contributed by atoms with Crippen LogP contribution in [0.5, 0.6) is 0 Å². The zero-order valence-corrected chi connectivity index (χ0v) is 17.5. The average Bonchev–Trinajstić information content (AvgIpc) is 2.92. The lowest BCUT2D eigenvalue weighted by molar-refractivity contribution is -0.155. The van der Waals surface area contributed by atoms with Crippen LogP contribution in [-0.2, 0) is 25.4 Å². The van der Waals surface area contributed by atoms with Gasteiger partial charge in [-0.15, -0.1) is 0 Å². The summed E-state index contributed by atoms with van der Waals surface area (Å²) in [7, 11) is -0.766. The molecule has 152 valence electrons. The standard InChI is InChI=1S/C20H27BFNO5/c1-18(2,3)26-16(24)11-23-10-14-13(17(23)25)8-12(9-15(14)22)21-27-19(4,5)20(6,7)28-21/h8-9H,10-11H2,1-7H3. The highest BCUT2D eigenvalue weighted by Crippen LogP contribution is 2.37. The highest BCUT2D eigenvalue weighted by atomic mass is 19.1. The SMILES string of the molecule is CC(C)(C)OC(=O)CN1Cc2c(F)cc(B3OC(C)(C)C(C)(C)O3)cc2C1=O. The van der Waals surface area contributed by atoms with Gasteiger partial charge in [0.25, 0.3) is 5.91 Å². The molecule has 2 aliphatic rings. The molecule has 1 aromatic carbocycles. The zero-order valence-electron chi connectivity index (χ0n) is 17.5. The second-order valence-corrected chi connectivity index (χ2v) is 9.36. The summed E-state index contributed by atoms with van der Waals surface area (Å²) in [5, 5.41) is 0. The Hall–Kier alpha value is -1.93. The van der Waals surface area contributed by atoms with Crippen molar-refractivity contribution in [3.05, 3.63) is 29.1 Å². The Bertz CT molecular complexity index is 815. The Balaban J connectivity index is 1.81. The van der Waals surface area contributed by atoms with Crippen LogP contribution >= 0.6 is 0 Å². The molecule has 0 bridgehead atoms. The molecule has 0 aromatic heterocycles. The first-order valence-corrected chi connectivity index (χ1v) is 9.39. The third kappa shape index (κ3) is 3.80. The lowest BCUT2D eigenvalue weighted by Gasteiger charge is -2.32. The third-order valence-corrected chi connectivity index (χ3v) is 5.35. The molecule has 2 heterocycles. The van der Waals surface area contributed by atoms with Crippen LogP contribution in [0.4, 0.5) is 4.39 Å². The van der Waals surface area contributed by atoms with Gasteiger partial charge in [-0.25, -0.2) is 4.39 Å². The van der Waals surface area contributed by atoms with Crippen molar-refractivity contribution in [2.24, 2.45) is 0 Å². The number of fused-ring (bicyclic) bond motifs is 1. The molecule has 6 nitrogen and oxygen atoms in total. The van der Waals surface area contributed by atoms with Crippen molar-refractivity contribution in [2.45, 2.75) is 71.8 Å². The first kappa shape index (κ1) is 20.8. The van der Waals surface area contributed by atoms with Gasteiger partial charge in [-0.2, -0.15) is 0 Å². The first-order valence-electron chi connectivity index (χ1n) is 9.39. The molecule has 1 saturated heterocycles. The lowest BCUT2D eigenvalue weighted by Crippen LogP contribution is -2.41. The van der Waals surface area contributed by atoms with Crippen LogP contribution < -0.4 is 5.46 Å². The van der Waals surface area contributed by atoms with Gasteiger partial charge in [-0.1, -0.05) is 0 Å². The molecule has 1 amide bonds. The summed E-state index contributed by atoms with van der Waals surface area (Å²) in [6.07, 6.45) is 0. The van der Waals surface area contributed by atoms with Crippen molar-refractivity contribution in [3.8, 4) is 0 Å². The summed E-state index contributed by atoms with van der Waals surface area (Å²) in [6.45, 7) is 12.7. The van der Waals surface area contributed by atoms with Crippen LogP contribution in [0.15, 0.2) is 12.1 Å². The van der Waals surface area contributed by atoms with Crippen molar-refractivity contribution >= 4 is 24.5 Å². The highest BCUT2D eigenvalue weighted by molar-refractivity contribution is 6.62. The maximum atomic E-state index is 14.7. The number of amides is 1. The summed E-state index contributed by atoms with van der Waals surface area (Å²) in [5.74, 6) is -1.44. The van der Waals surface area contributed by atoms with Crippen LogP contribution in [0.2, 0.25) is 0 Å². The van der Waals surface area contributed by atoms with Gasteiger partial charge in [0.05, 0.1) is 17.7 Å². The second kappa shape index (κ2) is 6.56. The molecule has 0 saturated carbocycles. The van der Waals surface area contributed by atoms with Gasteiger partial charge in [0, 0.05) is 11.1 Å². The molecule has 28 heavy (non-hydrogen) atoms. The molecule has 8 heteroatoms. The smallest absolute Gasteiger partial charge is 0.459 e. The molecule has 3 rings (SSSR count). The number of hydrogen-bond acceptors (Lipinski definition) is 5. The summed E-state index contributed by atoms with van der Waals surface area (Å²) >= 11 is 0. The summed E-state index contributed by atoms with van der Waals surface area (Å²) in [5.41, 5.74) is -0.841. The highest BCUT2D eigenvalue weighted by Gasteiger charge is 2.52. The van der Waals surface area contributed by atoms with Gasteiger partial charge in [-0.3, -0.25) is 9.59 Å². The van der Waals surface area contributed by atoms with Gasteiger partial charge in [0.1, 0.15) is 18.0 Å². The Morgan fingerprint density at radius 1 is 1.21 bits per heavy atom. The minimum atomic E-state index is -0.766. The molecule has 0 N–H and O–H groups in total. The molecular formula is C20H27BFNO5. The van der Waals surface area contributed by atoms with E-state index in [2.05, 4.69) is 0 Å². The van der Waals surface area contributed by atoms with Crippen LogP contribution in [0, 0.1) is 5.82 Å². The van der Waals surface area contributed by atoms with E-state index >= 15 is 0 Å². The van der Waals surface area contributed by atoms with E-state index in [0.717, 1.165) is 0 Å². The van der Waals surface area contributed by atoms with E-state index in [1.807, 2.05) is 27.7 Å². The lowest BCUT2D eigenvalue weighted by atomic mass is 9.77. The molecule has 0 radical (unpaired) electrons. The van der Waals surface area contributed by atoms with E-state index in [-0.39, 0.29) is 24.2 Å². The van der Waals surface area contributed by atoms with Crippen molar-refractivity contribution < 1.29 is 28.0 Å². The van der Waals surface area contributed by atoms with E-state index in [4.69, 9.17) is 14.0 Å². The summed E-state index contributed by atoms with van der Waals surface area (Å²) in [6, 6.07) is 2.93. The Morgan fingerprint density at radius 2 is 1.79 bits per heavy atom. The number of esters is 1. The number of benzene rings is 1. The molecule has 0 spiro atoms. The number of hydrogen-bond donors (Lipinski definition) is 0. The van der Waals surface area contributed by atoms with E-state index in [0.29, 0.717) is 5.46 Å². The van der Waals surface area contributed by atoms with E-state index < -0.39 is 41.6 Å². The second-order valence-electron chi connectivity index (χ2n) is 9.36. The largest absolute Gasteiger partial charge is 0.494 e. The molecule has 0 unspecified atom stereocenters. The number of carbonyl (C=O) groups is 2. The van der Waals surface area contributed by atoms with Gasteiger partial charge in [0.15, 0.2) is 0 Å². The fraction of sp³-hybridized carbons (Fsp3) is 0.600. The van der Waals surface area contributed by atoms with Crippen molar-refractivity contribution in [1.29, 1.82) is 0 Å². The predicted molar refractivity (Wildman–Crippen MR) is 103 cm³/mol. The Kier molecular flexibility index (Phi) is 4.87. The molecular weight excluding hydrogens is 364 g/mol. The summed E-state index contributed by atoms with van der Waals surface area (Å²) in [4.78, 5) is 26.1. The molecule has 1 aromatic rings. The molecule has 0 atom stereocenters. The van der Waals surface area contributed by atoms with Crippen LogP contribution in [0.25, 0.3) is 0 Å². The van der Waals surface area contributed by atoms with Gasteiger partial charge < -0.3 is 18.9 Å². The topological polar surface area (TPSA) is 65.1 Å². The fourth-order valence-electron chi connectivity index (χ4n) is 3.21. The number of nitrogens with zero attached hydrogens (tertiary/aromatic N) is 1. The van der Waals surface area contributed by atoms with Gasteiger partial charge >= 0.3 is 13.1 Å². The molecule has 2 aliphatic heterocycles. The fourth-order valence-corrected chi connectivity index (χ4v) is 3.21. The van der Waals surface area contributed by atoms with E-state index in [1.165, 1.54) is 11.0 Å². The van der Waals surface area contributed by atoms with E-state index in [1.54, 1.807) is 26.8 Å². The minimum Gasteiger partial charge on any atom is -0.459 e. The number of rotatable bonds is 3. The quantitative estimate of drug-likeness (QED) is 0.585. The Morgan fingerprint density at radius 3 is 2.32 bits per heavy atom. The zero-order chi connectivity index (χ0) is 21.1. The van der Waals surface area contributed by atoms with Crippen LogP contribution in [-0.4, -0.2) is 47.2 Å². The average molecular weight is 391 g/mol. The first-order chi connectivity index (χ1) is 12.7. The molecule has 0 aliphatic carbocycles. The predicted octanol–water partition coefficient (Wildman–Crippen LogP) is 2.42. The van der Waals surface area contributed by atoms with Crippen molar-refractivity contribution in [3.63, 3.8) is 0 Å². The maximum absolute atomic E-state index is 14.7. The minimum absolute atomic E-state index is 0.0306.